The third-order valence-corrected chi connectivity index (χ3v) is 1.81. The maximum absolute atomic E-state index is 3.95. The normalized spacial score (nSPS) is 10.2. The Kier molecular flexibility index (Phi) is 2.43. The summed E-state index contributed by atoms with van der Waals surface area (Å²) in [7, 11) is 0. The largest absolute Gasteiger partial charge is 0.276 e. The van der Waals surface area contributed by atoms with Crippen molar-refractivity contribution < 1.29 is 0 Å². The van der Waals surface area contributed by atoms with Crippen molar-refractivity contribution in [3.8, 4) is 0 Å². The van der Waals surface area contributed by atoms with Crippen LogP contribution in [-0.4, -0.2) is 16.9 Å². The highest BCUT2D eigenvalue weighted by atomic mass is 15.1. The van der Waals surface area contributed by atoms with Gasteiger partial charge < -0.3 is 0 Å². The van der Waals surface area contributed by atoms with Gasteiger partial charge in [-0.3, -0.25) is 10.1 Å². The van der Waals surface area contributed by atoms with Crippen molar-refractivity contribution in [2.45, 2.75) is 13.8 Å². The molecule has 0 atom stereocenters. The van der Waals surface area contributed by atoms with E-state index in [-0.39, 0.29) is 0 Å². The predicted molar refractivity (Wildman–Crippen MR) is 51.7 cm³/mol. The van der Waals surface area contributed by atoms with Gasteiger partial charge in [-0.25, -0.2) is 0 Å². The van der Waals surface area contributed by atoms with E-state index in [1.54, 1.807) is 6.20 Å². The van der Waals surface area contributed by atoms with Crippen molar-refractivity contribution in [1.82, 2.24) is 10.2 Å². The quantitative estimate of drug-likeness (QED) is 0.683. The summed E-state index contributed by atoms with van der Waals surface area (Å²) in [4.78, 5) is 3.83. The molecule has 0 aliphatic carbocycles. The molecule has 0 aromatic carbocycles. The van der Waals surface area contributed by atoms with E-state index >= 15 is 0 Å². The second kappa shape index (κ2) is 3.34. The van der Waals surface area contributed by atoms with E-state index < -0.39 is 0 Å². The Hall–Kier alpha value is -1.38. The molecule has 12 heavy (non-hydrogen) atoms. The molecule has 1 aromatic heterocycles. The molecule has 0 fully saturated rings. The van der Waals surface area contributed by atoms with Gasteiger partial charge in [0.25, 0.3) is 0 Å². The number of aromatic nitrogens is 2. The minimum Gasteiger partial charge on any atom is -0.276 e. The molecule has 64 valence electrons. The van der Waals surface area contributed by atoms with E-state index in [4.69, 9.17) is 0 Å². The number of hydrogen-bond donors (Lipinski definition) is 1. The highest BCUT2D eigenvalue weighted by molar-refractivity contribution is 5.71. The maximum atomic E-state index is 3.95. The Morgan fingerprint density at radius 1 is 1.67 bits per heavy atom. The molecule has 1 aromatic rings. The van der Waals surface area contributed by atoms with E-state index in [0.29, 0.717) is 5.92 Å². The number of hydrogen-bond acceptors (Lipinski definition) is 2. The van der Waals surface area contributed by atoms with Gasteiger partial charge in [-0.2, -0.15) is 5.10 Å². The maximum Gasteiger partial charge on any atom is 0.108 e. The lowest BCUT2D eigenvalue weighted by Crippen LogP contribution is -1.92. The lowest BCUT2D eigenvalue weighted by atomic mass is 10.0. The molecule has 1 rings (SSSR count). The van der Waals surface area contributed by atoms with Gasteiger partial charge in [0.1, 0.15) is 5.69 Å². The summed E-state index contributed by atoms with van der Waals surface area (Å²) in [6, 6.07) is 0. The molecular weight excluding hydrogens is 150 g/mol. The first kappa shape index (κ1) is 8.71. The zero-order chi connectivity index (χ0) is 9.14. The van der Waals surface area contributed by atoms with Crippen molar-refractivity contribution >= 4 is 18.0 Å². The lowest BCUT2D eigenvalue weighted by molar-refractivity contribution is 0.848. The van der Waals surface area contributed by atoms with Crippen LogP contribution >= 0.6 is 0 Å². The van der Waals surface area contributed by atoms with Crippen LogP contribution in [0.15, 0.2) is 17.8 Å². The molecule has 0 unspecified atom stereocenters. The molecule has 0 spiro atoms. The van der Waals surface area contributed by atoms with Crippen LogP contribution in [0.3, 0.4) is 0 Å². The average Bonchev–Trinajstić information content (AvgIpc) is 2.49. The molecule has 0 radical (unpaired) electrons. The molecule has 0 bridgehead atoms. The van der Waals surface area contributed by atoms with Crippen molar-refractivity contribution in [2.24, 2.45) is 10.9 Å². The van der Waals surface area contributed by atoms with Gasteiger partial charge in [0, 0.05) is 0 Å². The molecule has 0 saturated heterocycles. The van der Waals surface area contributed by atoms with Crippen LogP contribution in [0.25, 0.3) is 5.57 Å². The van der Waals surface area contributed by atoms with Gasteiger partial charge in [-0.05, 0) is 18.2 Å². The summed E-state index contributed by atoms with van der Waals surface area (Å²) >= 11 is 0. The molecule has 0 aliphatic heterocycles. The Morgan fingerprint density at radius 2 is 2.33 bits per heavy atom. The first-order valence-electron chi connectivity index (χ1n) is 3.86. The monoisotopic (exact) mass is 163 g/mol. The molecule has 1 N–H and O–H groups in total. The highest BCUT2D eigenvalue weighted by Crippen LogP contribution is 2.26. The fourth-order valence-electron chi connectivity index (χ4n) is 0.925. The first-order chi connectivity index (χ1) is 5.66. The average molecular weight is 163 g/mol. The fourth-order valence-corrected chi connectivity index (χ4v) is 0.925. The van der Waals surface area contributed by atoms with Gasteiger partial charge in [0.2, 0.25) is 0 Å². The topological polar surface area (TPSA) is 41.0 Å². The van der Waals surface area contributed by atoms with Crippen LogP contribution in [0.1, 0.15) is 19.5 Å². The van der Waals surface area contributed by atoms with Crippen LogP contribution in [0.2, 0.25) is 0 Å². The van der Waals surface area contributed by atoms with Gasteiger partial charge >= 0.3 is 0 Å². The van der Waals surface area contributed by atoms with E-state index in [0.717, 1.165) is 17.0 Å². The Morgan fingerprint density at radius 3 is 2.83 bits per heavy atom. The van der Waals surface area contributed by atoms with E-state index in [1.165, 1.54) is 0 Å². The Bertz CT molecular complexity index is 296. The number of allylic oxidation sites excluding steroid dienone is 1. The zero-order valence-corrected chi connectivity index (χ0v) is 7.46. The van der Waals surface area contributed by atoms with Crippen LogP contribution in [-0.2, 0) is 0 Å². The number of aliphatic imine (C=N–C) groups is 1. The van der Waals surface area contributed by atoms with Crippen LogP contribution in [0, 0.1) is 5.92 Å². The minimum atomic E-state index is 0.394. The summed E-state index contributed by atoms with van der Waals surface area (Å²) < 4.78 is 0. The minimum absolute atomic E-state index is 0.394. The van der Waals surface area contributed by atoms with Crippen LogP contribution in [0.4, 0.5) is 5.69 Å². The van der Waals surface area contributed by atoms with Gasteiger partial charge in [0.05, 0.1) is 11.9 Å². The molecule has 0 aliphatic rings. The number of aromatic amines is 1. The third kappa shape index (κ3) is 1.44. The number of rotatable bonds is 3. The first-order valence-corrected chi connectivity index (χ1v) is 3.86. The van der Waals surface area contributed by atoms with E-state index in [1.807, 2.05) is 0 Å². The van der Waals surface area contributed by atoms with Crippen LogP contribution in [0.5, 0.6) is 0 Å². The summed E-state index contributed by atoms with van der Waals surface area (Å²) in [5, 5.41) is 6.73. The van der Waals surface area contributed by atoms with E-state index in [9.17, 15) is 0 Å². The van der Waals surface area contributed by atoms with Gasteiger partial charge in [-0.1, -0.05) is 20.4 Å². The van der Waals surface area contributed by atoms with Gasteiger partial charge in [0.15, 0.2) is 0 Å². The number of H-pyrrole nitrogens is 1. The van der Waals surface area contributed by atoms with Crippen molar-refractivity contribution in [3.63, 3.8) is 0 Å². The molecule has 1 heterocycles. The zero-order valence-electron chi connectivity index (χ0n) is 7.46. The van der Waals surface area contributed by atoms with Gasteiger partial charge in [-0.15, -0.1) is 0 Å². The SMILES string of the molecule is C=Nc1cn[nH]c1C(=C)C(C)C. The Balaban J connectivity index is 3.01. The molecule has 0 saturated carbocycles. The van der Waals surface area contributed by atoms with Crippen molar-refractivity contribution in [3.05, 3.63) is 18.5 Å². The summed E-state index contributed by atoms with van der Waals surface area (Å²) in [5.41, 5.74) is 2.67. The Labute approximate surface area is 72.2 Å². The number of nitrogens with zero attached hydrogens (tertiary/aromatic N) is 2. The second-order valence-electron chi connectivity index (χ2n) is 2.97. The second-order valence-corrected chi connectivity index (χ2v) is 2.97. The third-order valence-electron chi connectivity index (χ3n) is 1.81. The smallest absolute Gasteiger partial charge is 0.108 e. The summed E-state index contributed by atoms with van der Waals surface area (Å²) in [6.07, 6.45) is 1.65. The lowest BCUT2D eigenvalue weighted by Gasteiger charge is -2.06. The van der Waals surface area contributed by atoms with Crippen molar-refractivity contribution in [1.29, 1.82) is 0 Å². The molecule has 3 nitrogen and oxygen atoms in total. The summed E-state index contributed by atoms with van der Waals surface area (Å²) in [5.74, 6) is 0.394. The van der Waals surface area contributed by atoms with Crippen molar-refractivity contribution in [2.75, 3.05) is 0 Å². The summed E-state index contributed by atoms with van der Waals surface area (Å²) in [6.45, 7) is 11.6. The standard InChI is InChI=1S/C9H13N3/c1-6(2)7(3)9-8(10-4)5-11-12-9/h5-6H,3-4H2,1-2H3,(H,11,12). The molecule has 0 amide bonds. The van der Waals surface area contributed by atoms with Crippen LogP contribution < -0.4 is 0 Å². The number of nitrogens with one attached hydrogen (secondary N) is 1. The highest BCUT2D eigenvalue weighted by Gasteiger charge is 2.09. The van der Waals surface area contributed by atoms with E-state index in [2.05, 4.69) is 42.3 Å². The molecular formula is C9H13N3. The molecule has 3 heteroatoms. The predicted octanol–water partition coefficient (Wildman–Crippen LogP) is 2.41. The fraction of sp³-hybridized carbons (Fsp3) is 0.333.